The monoisotopic (exact) mass is 408 g/mol. The highest BCUT2D eigenvalue weighted by Gasteiger charge is 2.30. The molecule has 29 heavy (non-hydrogen) atoms. The number of nitrogens with one attached hydrogen (secondary N) is 1. The van der Waals surface area contributed by atoms with Crippen molar-refractivity contribution in [1.29, 1.82) is 0 Å². The lowest BCUT2D eigenvalue weighted by Crippen LogP contribution is -2.43. The van der Waals surface area contributed by atoms with Gasteiger partial charge in [0.1, 0.15) is 5.82 Å². The van der Waals surface area contributed by atoms with Crippen molar-refractivity contribution in [2.75, 3.05) is 13.2 Å². The van der Waals surface area contributed by atoms with Crippen LogP contribution in [0.15, 0.2) is 30.5 Å². The second-order valence-electron chi connectivity index (χ2n) is 7.28. The van der Waals surface area contributed by atoms with Gasteiger partial charge < -0.3 is 15.3 Å². The summed E-state index contributed by atoms with van der Waals surface area (Å²) in [6.07, 6.45) is -1.49. The number of rotatable bonds is 5. The Labute approximate surface area is 166 Å². The van der Waals surface area contributed by atoms with Crippen LogP contribution in [-0.4, -0.2) is 39.2 Å². The van der Waals surface area contributed by atoms with Gasteiger partial charge in [-0.05, 0) is 35.6 Å². The SMILES string of the molecule is C[C@@H](CO)Cc1ncc2c(n1)CN(C(=O)NCc1cccc(C(F)(F)F)c1)CC2. The Hall–Kier alpha value is -2.68. The summed E-state index contributed by atoms with van der Waals surface area (Å²) < 4.78 is 38.4. The summed E-state index contributed by atoms with van der Waals surface area (Å²) in [5, 5.41) is 11.9. The van der Waals surface area contributed by atoms with Gasteiger partial charge in [0, 0.05) is 32.3 Å². The van der Waals surface area contributed by atoms with E-state index in [9.17, 15) is 23.1 Å². The lowest BCUT2D eigenvalue weighted by Gasteiger charge is -2.28. The van der Waals surface area contributed by atoms with E-state index in [1.807, 2.05) is 6.92 Å². The molecule has 0 fully saturated rings. The van der Waals surface area contributed by atoms with Crippen LogP contribution in [0.1, 0.15) is 35.1 Å². The van der Waals surface area contributed by atoms with Crippen LogP contribution in [0.4, 0.5) is 18.0 Å². The molecule has 1 atom stereocenters. The summed E-state index contributed by atoms with van der Waals surface area (Å²) in [7, 11) is 0. The predicted molar refractivity (Wildman–Crippen MR) is 99.8 cm³/mol. The van der Waals surface area contributed by atoms with Gasteiger partial charge in [0.05, 0.1) is 17.8 Å². The minimum atomic E-state index is -4.42. The molecule has 0 spiro atoms. The van der Waals surface area contributed by atoms with Crippen LogP contribution < -0.4 is 5.32 Å². The van der Waals surface area contributed by atoms with Crippen LogP contribution in [0.5, 0.6) is 0 Å². The fourth-order valence-electron chi connectivity index (χ4n) is 3.14. The Kier molecular flexibility index (Phi) is 6.36. The van der Waals surface area contributed by atoms with Crippen LogP contribution >= 0.6 is 0 Å². The van der Waals surface area contributed by atoms with Gasteiger partial charge in [-0.15, -0.1) is 0 Å². The molecule has 0 saturated carbocycles. The lowest BCUT2D eigenvalue weighted by atomic mass is 10.1. The van der Waals surface area contributed by atoms with E-state index in [4.69, 9.17) is 0 Å². The summed E-state index contributed by atoms with van der Waals surface area (Å²) in [6, 6.07) is 4.56. The smallest absolute Gasteiger partial charge is 0.396 e. The Bertz CT molecular complexity index is 873. The van der Waals surface area contributed by atoms with Crippen molar-refractivity contribution >= 4 is 6.03 Å². The van der Waals surface area contributed by atoms with Crippen LogP contribution in [0.25, 0.3) is 0 Å². The van der Waals surface area contributed by atoms with Crippen molar-refractivity contribution in [2.45, 2.75) is 39.0 Å². The van der Waals surface area contributed by atoms with Crippen LogP contribution in [-0.2, 0) is 32.1 Å². The summed E-state index contributed by atoms with van der Waals surface area (Å²) in [5.74, 6) is 0.667. The number of amides is 2. The van der Waals surface area contributed by atoms with E-state index >= 15 is 0 Å². The number of aromatic nitrogens is 2. The number of fused-ring (bicyclic) bond motifs is 1. The number of aliphatic hydroxyl groups is 1. The van der Waals surface area contributed by atoms with Crippen LogP contribution in [0.2, 0.25) is 0 Å². The van der Waals surface area contributed by atoms with Gasteiger partial charge in [0.2, 0.25) is 0 Å². The number of halogens is 3. The van der Waals surface area contributed by atoms with Crippen LogP contribution in [0.3, 0.4) is 0 Å². The predicted octanol–water partition coefficient (Wildman–Crippen LogP) is 2.93. The largest absolute Gasteiger partial charge is 0.416 e. The summed E-state index contributed by atoms with van der Waals surface area (Å²) in [5.41, 5.74) is 1.39. The van der Waals surface area contributed by atoms with Crippen molar-refractivity contribution in [3.05, 3.63) is 58.7 Å². The molecule has 3 rings (SSSR count). The van der Waals surface area contributed by atoms with Gasteiger partial charge in [-0.3, -0.25) is 0 Å². The molecule has 2 N–H and O–H groups in total. The Balaban J connectivity index is 1.61. The third kappa shape index (κ3) is 5.44. The first-order chi connectivity index (χ1) is 13.8. The van der Waals surface area contributed by atoms with E-state index in [1.54, 1.807) is 17.2 Å². The molecule has 156 valence electrons. The van der Waals surface area contributed by atoms with Gasteiger partial charge in [0.25, 0.3) is 0 Å². The van der Waals surface area contributed by atoms with Crippen LogP contribution in [0, 0.1) is 5.92 Å². The molecule has 1 aromatic carbocycles. The number of urea groups is 1. The fraction of sp³-hybridized carbons (Fsp3) is 0.450. The number of hydrogen-bond acceptors (Lipinski definition) is 4. The Morgan fingerprint density at radius 2 is 2.17 bits per heavy atom. The maximum Gasteiger partial charge on any atom is 0.416 e. The lowest BCUT2D eigenvalue weighted by molar-refractivity contribution is -0.137. The molecule has 0 bridgehead atoms. The number of carbonyl (C=O) groups is 1. The molecule has 1 aliphatic heterocycles. The number of nitrogens with zero attached hydrogens (tertiary/aromatic N) is 3. The van der Waals surface area contributed by atoms with E-state index in [1.165, 1.54) is 6.07 Å². The molecule has 6 nitrogen and oxygen atoms in total. The normalized spacial score (nSPS) is 15.0. The Morgan fingerprint density at radius 3 is 2.90 bits per heavy atom. The maximum absolute atomic E-state index is 12.8. The summed E-state index contributed by atoms with van der Waals surface area (Å²) in [6.45, 7) is 2.75. The first kappa shape index (κ1) is 21.0. The minimum absolute atomic E-state index is 0.00908. The zero-order chi connectivity index (χ0) is 21.0. The number of carbonyl (C=O) groups excluding carboxylic acids is 1. The third-order valence-corrected chi connectivity index (χ3v) is 4.82. The third-order valence-electron chi connectivity index (χ3n) is 4.82. The second kappa shape index (κ2) is 8.77. The van der Waals surface area contributed by atoms with Crippen molar-refractivity contribution in [2.24, 2.45) is 5.92 Å². The summed E-state index contributed by atoms with van der Waals surface area (Å²) in [4.78, 5) is 22.9. The average molecular weight is 408 g/mol. The summed E-state index contributed by atoms with van der Waals surface area (Å²) >= 11 is 0. The first-order valence-electron chi connectivity index (χ1n) is 9.39. The molecule has 9 heteroatoms. The van der Waals surface area contributed by atoms with E-state index < -0.39 is 11.7 Å². The van der Waals surface area contributed by atoms with E-state index in [0.717, 1.165) is 23.4 Å². The van der Waals surface area contributed by atoms with Gasteiger partial charge >= 0.3 is 12.2 Å². The van der Waals surface area contributed by atoms with Crippen molar-refractivity contribution in [1.82, 2.24) is 20.2 Å². The van der Waals surface area contributed by atoms with E-state index in [-0.39, 0.29) is 25.1 Å². The Morgan fingerprint density at radius 1 is 1.38 bits per heavy atom. The van der Waals surface area contributed by atoms with Crippen molar-refractivity contribution in [3.8, 4) is 0 Å². The van der Waals surface area contributed by atoms with Gasteiger partial charge in [0.15, 0.2) is 0 Å². The molecule has 0 saturated heterocycles. The first-order valence-corrected chi connectivity index (χ1v) is 9.39. The molecule has 0 unspecified atom stereocenters. The molecule has 1 aromatic heterocycles. The topological polar surface area (TPSA) is 78.4 Å². The number of hydrogen-bond donors (Lipinski definition) is 2. The number of alkyl halides is 3. The average Bonchev–Trinajstić information content (AvgIpc) is 2.71. The molecule has 1 aliphatic rings. The quantitative estimate of drug-likeness (QED) is 0.798. The maximum atomic E-state index is 12.8. The molecule has 2 aromatic rings. The number of benzene rings is 1. The molecule has 2 heterocycles. The highest BCUT2D eigenvalue weighted by molar-refractivity contribution is 5.74. The number of aliphatic hydroxyl groups excluding tert-OH is 1. The van der Waals surface area contributed by atoms with Gasteiger partial charge in [-0.2, -0.15) is 13.2 Å². The molecular weight excluding hydrogens is 385 g/mol. The zero-order valence-corrected chi connectivity index (χ0v) is 16.0. The highest BCUT2D eigenvalue weighted by atomic mass is 19.4. The van der Waals surface area contributed by atoms with E-state index in [2.05, 4.69) is 15.3 Å². The molecule has 0 radical (unpaired) electrons. The van der Waals surface area contributed by atoms with E-state index in [0.29, 0.717) is 37.3 Å². The van der Waals surface area contributed by atoms with Gasteiger partial charge in [-0.25, -0.2) is 14.8 Å². The zero-order valence-electron chi connectivity index (χ0n) is 16.0. The molecular formula is C20H23F3N4O2. The minimum Gasteiger partial charge on any atom is -0.396 e. The second-order valence-corrected chi connectivity index (χ2v) is 7.28. The highest BCUT2D eigenvalue weighted by Crippen LogP contribution is 2.29. The molecule has 0 aliphatic carbocycles. The standard InChI is InChI=1S/C20H23F3N4O2/c1-13(12-28)7-18-24-10-15-5-6-27(11-17(15)26-18)19(29)25-9-14-3-2-4-16(8-14)20(21,22)23/h2-4,8,10,13,28H,5-7,9,11-12H2,1H3,(H,25,29)/t13-/m1/s1. The molecule has 2 amide bonds. The van der Waals surface area contributed by atoms with Crippen molar-refractivity contribution in [3.63, 3.8) is 0 Å². The van der Waals surface area contributed by atoms with Crippen molar-refractivity contribution < 1.29 is 23.1 Å². The fourth-order valence-corrected chi connectivity index (χ4v) is 3.14. The van der Waals surface area contributed by atoms with Gasteiger partial charge in [-0.1, -0.05) is 19.1 Å².